The Morgan fingerprint density at radius 2 is 1.18 bits per heavy atom. The number of fused-ring (bicyclic) bond motifs is 3. The van der Waals surface area contributed by atoms with Crippen molar-refractivity contribution in [1.82, 2.24) is 39.5 Å². The Labute approximate surface area is 458 Å². The van der Waals surface area contributed by atoms with E-state index in [1.54, 1.807) is 44.8 Å². The summed E-state index contributed by atoms with van der Waals surface area (Å²) in [7, 11) is 0. The molecule has 0 fully saturated rings. The molecule has 0 saturated heterocycles. The molecule has 2 atom stereocenters. The minimum Gasteiger partial charge on any atom is -0.360 e. The lowest BCUT2D eigenvalue weighted by molar-refractivity contribution is 0.150. The van der Waals surface area contributed by atoms with Crippen molar-refractivity contribution in [3.8, 4) is 65.6 Å². The molecule has 0 saturated carbocycles. The molecule has 0 aliphatic carbocycles. The Morgan fingerprint density at radius 1 is 0.592 bits per heavy atom. The molecule has 0 spiro atoms. The lowest BCUT2D eigenvalue weighted by Crippen LogP contribution is -2.29. The fourth-order valence-corrected chi connectivity index (χ4v) is 12.1. The van der Waals surface area contributed by atoms with Gasteiger partial charge in [0.2, 0.25) is 0 Å². The smallest absolute Gasteiger partial charge is 0.326 e. The van der Waals surface area contributed by atoms with Crippen molar-refractivity contribution in [2.45, 2.75) is 73.5 Å². The number of benzene rings is 3. The van der Waals surface area contributed by atoms with Crippen LogP contribution in [0.4, 0.5) is 22.7 Å². The number of aromatic nitrogens is 8. The van der Waals surface area contributed by atoms with E-state index in [4.69, 9.17) is 34.4 Å². The van der Waals surface area contributed by atoms with E-state index in [0.29, 0.717) is 26.9 Å². The quantitative estimate of drug-likeness (QED) is 0.112. The van der Waals surface area contributed by atoms with Crippen LogP contribution in [0.25, 0.3) is 76.6 Å². The molecule has 0 amide bonds. The van der Waals surface area contributed by atoms with Gasteiger partial charge in [0.05, 0.1) is 68.6 Å². The van der Waals surface area contributed by atoms with Gasteiger partial charge in [0.15, 0.2) is 0 Å². The highest BCUT2D eigenvalue weighted by atomic mass is 32.1. The van der Waals surface area contributed by atoms with E-state index >= 15 is 0 Å². The summed E-state index contributed by atoms with van der Waals surface area (Å²) < 4.78 is 14.1. The number of H-pyrrole nitrogens is 1. The van der Waals surface area contributed by atoms with E-state index in [1.807, 2.05) is 103 Å². The van der Waals surface area contributed by atoms with Crippen LogP contribution in [0.2, 0.25) is 0 Å². The van der Waals surface area contributed by atoms with Crippen LogP contribution in [0, 0.1) is 0 Å². The summed E-state index contributed by atoms with van der Waals surface area (Å²) in [5.41, 5.74) is 15.6. The molecule has 12 rings (SSSR count). The molecule has 0 radical (unpaired) electrons. The number of imidazole rings is 1. The fourth-order valence-electron chi connectivity index (χ4n) is 9.53. The van der Waals surface area contributed by atoms with E-state index in [1.165, 1.54) is 0 Å². The summed E-state index contributed by atoms with van der Waals surface area (Å²) >= 11 is 4.76. The molecule has 7 aromatic heterocycles. The topological polar surface area (TPSA) is 164 Å². The van der Waals surface area contributed by atoms with Gasteiger partial charge in [0.25, 0.3) is 0 Å². The molecule has 2 unspecified atom stereocenters. The van der Waals surface area contributed by atoms with Crippen LogP contribution >= 0.6 is 34.0 Å². The van der Waals surface area contributed by atoms with Crippen molar-refractivity contribution >= 4 is 67.8 Å². The highest BCUT2D eigenvalue weighted by Gasteiger charge is 2.28. The van der Waals surface area contributed by atoms with Gasteiger partial charge >= 0.3 is 5.69 Å². The van der Waals surface area contributed by atoms with Crippen LogP contribution in [-0.4, -0.2) is 66.4 Å². The summed E-state index contributed by atoms with van der Waals surface area (Å²) in [6.07, 6.45) is 7.44. The third-order valence-electron chi connectivity index (χ3n) is 13.2. The molecule has 76 heavy (non-hydrogen) atoms. The van der Waals surface area contributed by atoms with Crippen molar-refractivity contribution in [2.75, 3.05) is 47.4 Å². The van der Waals surface area contributed by atoms with Gasteiger partial charge in [-0.2, -0.15) is 0 Å². The van der Waals surface area contributed by atoms with Gasteiger partial charge in [-0.1, -0.05) is 52.0 Å². The first-order valence-electron chi connectivity index (χ1n) is 25.6. The first-order chi connectivity index (χ1) is 37.3. The number of aromatic amines is 1. The number of para-hydroxylation sites is 3. The van der Waals surface area contributed by atoms with Crippen LogP contribution in [-0.2, 0) is 9.47 Å². The minimum absolute atomic E-state index is 0. The van der Waals surface area contributed by atoms with Gasteiger partial charge in [-0.15, -0.1) is 34.0 Å². The third kappa shape index (κ3) is 10.1. The van der Waals surface area contributed by atoms with Crippen molar-refractivity contribution in [3.63, 3.8) is 0 Å². The summed E-state index contributed by atoms with van der Waals surface area (Å²) in [4.78, 5) is 49.9. The molecule has 2 aliphatic heterocycles. The van der Waals surface area contributed by atoms with Crippen molar-refractivity contribution in [2.24, 2.45) is 0 Å². The first kappa shape index (κ1) is 51.9. The Balaban J connectivity index is 0.00000126. The number of hydrogen-bond acceptors (Lipinski definition) is 16. The maximum atomic E-state index is 12.9. The second kappa shape index (κ2) is 23.1. The number of hydrogen-bond donors (Lipinski definition) is 3. The van der Waals surface area contributed by atoms with Crippen LogP contribution in [0.15, 0.2) is 137 Å². The largest absolute Gasteiger partial charge is 0.360 e. The summed E-state index contributed by atoms with van der Waals surface area (Å²) in [6, 6.07) is 30.5. The molecule has 15 nitrogen and oxygen atoms in total. The molecule has 2 aliphatic rings. The van der Waals surface area contributed by atoms with Gasteiger partial charge in [-0.05, 0) is 100.0 Å². The molecule has 394 valence electrons. The first-order valence-corrected chi connectivity index (χ1v) is 28.3. The highest BCUT2D eigenvalue weighted by molar-refractivity contribution is 7.14. The Hall–Kier alpha value is -7.61. The number of nitrogens with zero attached hydrogens (tertiary/aromatic N) is 9. The van der Waals surface area contributed by atoms with E-state index < -0.39 is 0 Å². The zero-order chi connectivity index (χ0) is 52.9. The molecule has 3 N–H and O–H groups in total. The number of rotatable bonds is 11. The predicted molar refractivity (Wildman–Crippen MR) is 319 cm³/mol. The second-order valence-corrected chi connectivity index (χ2v) is 20.5. The molecule has 9 heterocycles. The van der Waals surface area contributed by atoms with Gasteiger partial charge < -0.3 is 34.9 Å². The number of thiazole rings is 3. The molecule has 10 aromatic rings. The highest BCUT2D eigenvalue weighted by Crippen LogP contribution is 2.45. The van der Waals surface area contributed by atoms with Crippen molar-refractivity contribution in [3.05, 3.63) is 154 Å². The molecular formula is C58H66N12O3S3. The summed E-state index contributed by atoms with van der Waals surface area (Å²) in [5, 5.41) is 15.9. The fraction of sp³-hybridized carbons (Fsp3) is 0.259. The SMILES string of the molecule is CC.CC.CC(c1cncc(-c2csc(-c3cccc4c3NCOCN4C(C)c3cc(-c4csc(-c5cccc6c5[nH]c(=O)n6C(C)C)n4)ccn3)n2)c1)N1COCNc2c(-c3nc(-c4ccccn4)cs3)cccc21.[HH].[HH].[HH]. The summed E-state index contributed by atoms with van der Waals surface area (Å²) in [6.45, 7) is 17.8. The Morgan fingerprint density at radius 3 is 1.83 bits per heavy atom. The van der Waals surface area contributed by atoms with Crippen LogP contribution in [0.5, 0.6) is 0 Å². The average molecular weight is 1080 g/mol. The zero-order valence-corrected chi connectivity index (χ0v) is 46.2. The maximum absolute atomic E-state index is 12.9. The third-order valence-corrected chi connectivity index (χ3v) is 15.9. The zero-order valence-electron chi connectivity index (χ0n) is 43.7. The maximum Gasteiger partial charge on any atom is 0.326 e. The van der Waals surface area contributed by atoms with Crippen LogP contribution in [0.3, 0.4) is 0 Å². The van der Waals surface area contributed by atoms with E-state index in [0.717, 1.165) is 111 Å². The second-order valence-electron chi connectivity index (χ2n) is 17.9. The van der Waals surface area contributed by atoms with E-state index in [9.17, 15) is 4.79 Å². The van der Waals surface area contributed by atoms with Crippen molar-refractivity contribution < 1.29 is 13.8 Å². The average Bonchev–Trinajstić information content (AvgIpc) is 4.28. The predicted octanol–water partition coefficient (Wildman–Crippen LogP) is 15.1. The molecule has 18 heteroatoms. The van der Waals surface area contributed by atoms with Gasteiger partial charge in [0, 0.05) is 79.1 Å². The summed E-state index contributed by atoms with van der Waals surface area (Å²) in [5.74, 6) is 0. The molecule has 0 bridgehead atoms. The van der Waals surface area contributed by atoms with Gasteiger partial charge in [0.1, 0.15) is 47.6 Å². The standard InChI is InChI=1S/C54H48N12O3S3.2C2H6.3H2/c1-31(2)66-47-16-9-12-39(50(47)63-54(66)67)53-60-42(24-70-53)34-17-19-57-41(21-34)33(4)65-30-69-28-59-49-37(10-8-15-46(49)65)51-61-43(25-71-51)36-20-35(22-55-23-36)32(3)64-29-68-27-58-48-38(11-7-14-45(48)64)52-62-44(26-72-52)40-13-5-6-18-56-40;2*1-2;;;/h5-26,31-33,58-59H,27-30H2,1-4H3,(H,63,67);2*1-2H3;3*1H. The minimum atomic E-state index is -0.157. The van der Waals surface area contributed by atoms with E-state index in [-0.39, 0.29) is 28.1 Å². The number of ether oxygens (including phenoxy) is 2. The number of anilines is 4. The molecule has 3 aromatic carbocycles. The van der Waals surface area contributed by atoms with Crippen LogP contribution in [0.1, 0.15) is 89.1 Å². The Kier molecular flexibility index (Phi) is 15.8. The monoisotopic (exact) mass is 1070 g/mol. The lowest BCUT2D eigenvalue weighted by Gasteiger charge is -2.31. The Bertz CT molecular complexity index is 3680. The van der Waals surface area contributed by atoms with Gasteiger partial charge in [-0.3, -0.25) is 19.5 Å². The molecular weight excluding hydrogens is 1010 g/mol. The number of pyridine rings is 3. The van der Waals surface area contributed by atoms with E-state index in [2.05, 4.69) is 109 Å². The van der Waals surface area contributed by atoms with Crippen LogP contribution < -0.4 is 26.1 Å². The van der Waals surface area contributed by atoms with Gasteiger partial charge in [-0.25, -0.2) is 19.7 Å². The normalized spacial score (nSPS) is 14.0. The number of nitrogens with one attached hydrogen (secondary N) is 3. The van der Waals surface area contributed by atoms with Crippen molar-refractivity contribution in [1.29, 1.82) is 0 Å². The lowest BCUT2D eigenvalue weighted by atomic mass is 10.0.